The molecule has 2 heteroatoms. The Kier molecular flexibility index (Phi) is 4.61. The van der Waals surface area contributed by atoms with Crippen molar-refractivity contribution in [3.05, 3.63) is 70.3 Å². The van der Waals surface area contributed by atoms with Crippen LogP contribution in [0.25, 0.3) is 6.08 Å². The zero-order valence-electron chi connectivity index (χ0n) is 14.1. The van der Waals surface area contributed by atoms with Crippen LogP contribution in [0.2, 0.25) is 0 Å². The van der Waals surface area contributed by atoms with Gasteiger partial charge in [0, 0.05) is 11.1 Å². The van der Waals surface area contributed by atoms with Crippen molar-refractivity contribution in [2.45, 2.75) is 32.1 Å². The van der Waals surface area contributed by atoms with Crippen molar-refractivity contribution in [1.29, 1.82) is 0 Å². The van der Waals surface area contributed by atoms with Crippen LogP contribution in [0.15, 0.2) is 53.0 Å². The van der Waals surface area contributed by atoms with E-state index >= 15 is 0 Å². The molecule has 25 heavy (non-hydrogen) atoms. The monoisotopic (exact) mass is 341 g/mol. The summed E-state index contributed by atoms with van der Waals surface area (Å²) in [5.41, 5.74) is 7.31. The lowest BCUT2D eigenvalue weighted by Crippen LogP contribution is -2.00. The highest BCUT2D eigenvalue weighted by molar-refractivity contribution is 7.78. The predicted molar refractivity (Wildman–Crippen MR) is 107 cm³/mol. The fourth-order valence-corrected chi connectivity index (χ4v) is 3.40. The van der Waals surface area contributed by atoms with Gasteiger partial charge in [-0.15, -0.1) is 0 Å². The number of isothiocyanates is 1. The summed E-state index contributed by atoms with van der Waals surface area (Å²) in [4.78, 5) is 3.95. The second-order valence-corrected chi connectivity index (χ2v) is 7.05. The van der Waals surface area contributed by atoms with Crippen LogP contribution in [-0.4, -0.2) is 5.16 Å². The minimum absolute atomic E-state index is 0.808. The summed E-state index contributed by atoms with van der Waals surface area (Å²) < 4.78 is 0. The molecule has 0 atom stereocenters. The molecule has 0 heterocycles. The van der Waals surface area contributed by atoms with Gasteiger partial charge in [0.1, 0.15) is 0 Å². The SMILES string of the molecule is S=C=Nc1ccc(C#Cc2ccc3c(c2)CCC(CC2CC2)=C3)cc1. The Hall–Kier alpha value is -2.46. The van der Waals surface area contributed by atoms with Crippen LogP contribution in [0, 0.1) is 17.8 Å². The molecular weight excluding hydrogens is 322 g/mol. The van der Waals surface area contributed by atoms with Gasteiger partial charge in [-0.25, -0.2) is 0 Å². The van der Waals surface area contributed by atoms with Crippen LogP contribution >= 0.6 is 12.2 Å². The molecule has 0 saturated heterocycles. The molecule has 0 bridgehead atoms. The van der Waals surface area contributed by atoms with Gasteiger partial charge in [0.05, 0.1) is 10.8 Å². The topological polar surface area (TPSA) is 12.4 Å². The molecule has 1 fully saturated rings. The van der Waals surface area contributed by atoms with Crippen LogP contribution in [0.3, 0.4) is 0 Å². The summed E-state index contributed by atoms with van der Waals surface area (Å²) in [6.45, 7) is 0. The molecule has 0 radical (unpaired) electrons. The van der Waals surface area contributed by atoms with E-state index in [-0.39, 0.29) is 0 Å². The average Bonchev–Trinajstić information content (AvgIpc) is 3.45. The van der Waals surface area contributed by atoms with Crippen molar-refractivity contribution in [3.8, 4) is 11.8 Å². The van der Waals surface area contributed by atoms with Crippen LogP contribution < -0.4 is 0 Å². The largest absolute Gasteiger partial charge is 0.195 e. The average molecular weight is 341 g/mol. The van der Waals surface area contributed by atoms with E-state index < -0.39 is 0 Å². The van der Waals surface area contributed by atoms with E-state index in [2.05, 4.69) is 58.5 Å². The summed E-state index contributed by atoms with van der Waals surface area (Å²) in [5, 5.41) is 2.37. The van der Waals surface area contributed by atoms with Crippen LogP contribution in [-0.2, 0) is 6.42 Å². The van der Waals surface area contributed by atoms with E-state index in [1.165, 1.54) is 36.8 Å². The van der Waals surface area contributed by atoms with Crippen molar-refractivity contribution in [1.82, 2.24) is 0 Å². The van der Waals surface area contributed by atoms with E-state index in [0.717, 1.165) is 29.2 Å². The van der Waals surface area contributed by atoms with Gasteiger partial charge in [-0.1, -0.05) is 29.6 Å². The van der Waals surface area contributed by atoms with Crippen LogP contribution in [0.5, 0.6) is 0 Å². The Bertz CT molecular complexity index is 930. The zero-order valence-corrected chi connectivity index (χ0v) is 14.9. The Morgan fingerprint density at radius 3 is 2.48 bits per heavy atom. The number of benzene rings is 2. The van der Waals surface area contributed by atoms with Crippen molar-refractivity contribution in [2.24, 2.45) is 10.9 Å². The first kappa shape index (κ1) is 16.0. The Labute approximate surface area is 154 Å². The maximum atomic E-state index is 4.61. The third kappa shape index (κ3) is 4.15. The molecule has 0 amide bonds. The second kappa shape index (κ2) is 7.19. The first-order valence-electron chi connectivity index (χ1n) is 8.82. The molecule has 0 spiro atoms. The van der Waals surface area contributed by atoms with Crippen molar-refractivity contribution in [3.63, 3.8) is 0 Å². The number of hydrogen-bond acceptors (Lipinski definition) is 2. The molecule has 0 unspecified atom stereocenters. The van der Waals surface area contributed by atoms with Gasteiger partial charge in [-0.3, -0.25) is 0 Å². The van der Waals surface area contributed by atoms with Gasteiger partial charge < -0.3 is 0 Å². The maximum Gasteiger partial charge on any atom is 0.0740 e. The Morgan fingerprint density at radius 1 is 0.960 bits per heavy atom. The van der Waals surface area contributed by atoms with E-state index in [1.54, 1.807) is 5.57 Å². The normalized spacial score (nSPS) is 15.3. The van der Waals surface area contributed by atoms with Gasteiger partial charge in [0.25, 0.3) is 0 Å². The second-order valence-electron chi connectivity index (χ2n) is 6.86. The summed E-state index contributed by atoms with van der Waals surface area (Å²) in [6.07, 6.45) is 8.93. The minimum Gasteiger partial charge on any atom is -0.195 e. The lowest BCUT2D eigenvalue weighted by atomic mass is 9.89. The Balaban J connectivity index is 1.51. The lowest BCUT2D eigenvalue weighted by molar-refractivity contribution is 0.763. The molecule has 2 aromatic carbocycles. The number of allylic oxidation sites excluding steroid dienone is 1. The fourth-order valence-electron chi connectivity index (χ4n) is 3.30. The highest BCUT2D eigenvalue weighted by atomic mass is 32.1. The number of fused-ring (bicyclic) bond motifs is 1. The van der Waals surface area contributed by atoms with Crippen molar-refractivity contribution < 1.29 is 0 Å². The summed E-state index contributed by atoms with van der Waals surface area (Å²) in [7, 11) is 0. The quantitative estimate of drug-likeness (QED) is 0.382. The fraction of sp³-hybridized carbons (Fsp3) is 0.261. The van der Waals surface area contributed by atoms with Gasteiger partial charge in [0.2, 0.25) is 0 Å². The maximum absolute atomic E-state index is 4.61. The molecule has 0 aromatic heterocycles. The molecular formula is C23H19NS. The molecule has 0 N–H and O–H groups in total. The van der Waals surface area contributed by atoms with Gasteiger partial charge >= 0.3 is 0 Å². The molecule has 122 valence electrons. The summed E-state index contributed by atoms with van der Waals surface area (Å²) in [6, 6.07) is 14.3. The van der Waals surface area contributed by atoms with Crippen molar-refractivity contribution >= 4 is 29.1 Å². The summed E-state index contributed by atoms with van der Waals surface area (Å²) >= 11 is 4.61. The molecule has 1 nitrogen and oxygen atoms in total. The first-order valence-corrected chi connectivity index (χ1v) is 9.23. The van der Waals surface area contributed by atoms with Crippen LogP contribution in [0.1, 0.15) is 47.9 Å². The number of aryl methyl sites for hydroxylation is 1. The number of hydrogen-bond donors (Lipinski definition) is 0. The number of thiocarbonyl (C=S) groups is 1. The summed E-state index contributed by atoms with van der Waals surface area (Å²) in [5.74, 6) is 7.48. The standard InChI is InChI=1S/C23H19NS/c25-16-24-23-11-7-17(8-12-23)1-2-19-5-9-22-15-20(13-18-3-4-18)6-10-21(22)14-19/h5,7-9,11-12,14-15,18H,3-4,6,10,13H2. The minimum atomic E-state index is 0.808. The van der Waals surface area contributed by atoms with E-state index in [1.807, 2.05) is 24.3 Å². The van der Waals surface area contributed by atoms with E-state index in [9.17, 15) is 0 Å². The lowest BCUT2D eigenvalue weighted by Gasteiger charge is -2.16. The van der Waals surface area contributed by atoms with E-state index in [4.69, 9.17) is 0 Å². The number of nitrogens with zero attached hydrogens (tertiary/aromatic N) is 1. The molecule has 2 aromatic rings. The Morgan fingerprint density at radius 2 is 1.72 bits per heavy atom. The van der Waals surface area contributed by atoms with Crippen LogP contribution in [0.4, 0.5) is 5.69 Å². The third-order valence-electron chi connectivity index (χ3n) is 4.86. The highest BCUT2D eigenvalue weighted by Gasteiger charge is 2.23. The zero-order chi connectivity index (χ0) is 17.1. The number of aliphatic imine (C=N–C) groups is 1. The molecule has 1 saturated carbocycles. The highest BCUT2D eigenvalue weighted by Crippen LogP contribution is 2.38. The molecule has 0 aliphatic heterocycles. The van der Waals surface area contributed by atoms with Gasteiger partial charge in [0.15, 0.2) is 0 Å². The molecule has 2 aliphatic carbocycles. The molecule has 2 aliphatic rings. The molecule has 4 rings (SSSR count). The number of rotatable bonds is 3. The van der Waals surface area contributed by atoms with Gasteiger partial charge in [-0.05, 0) is 97.8 Å². The van der Waals surface area contributed by atoms with E-state index in [0.29, 0.717) is 0 Å². The van der Waals surface area contributed by atoms with Crippen molar-refractivity contribution in [2.75, 3.05) is 0 Å². The van der Waals surface area contributed by atoms with Gasteiger partial charge in [-0.2, -0.15) is 4.99 Å². The predicted octanol–water partition coefficient (Wildman–Crippen LogP) is 5.95. The smallest absolute Gasteiger partial charge is 0.0740 e. The third-order valence-corrected chi connectivity index (χ3v) is 4.95. The first-order chi connectivity index (χ1) is 12.3.